The predicted molar refractivity (Wildman–Crippen MR) is 123 cm³/mol. The van der Waals surface area contributed by atoms with E-state index in [0.29, 0.717) is 18.3 Å². The van der Waals surface area contributed by atoms with Crippen molar-refractivity contribution in [2.75, 3.05) is 39.3 Å². The average Bonchev–Trinajstić information content (AvgIpc) is 2.79. The van der Waals surface area contributed by atoms with E-state index in [1.54, 1.807) is 12.1 Å². The molecule has 164 valence electrons. The Bertz CT molecular complexity index is 896. The van der Waals surface area contributed by atoms with E-state index in [4.69, 9.17) is 10.00 Å². The number of hydrogen-bond donors (Lipinski definition) is 0. The van der Waals surface area contributed by atoms with E-state index in [9.17, 15) is 4.39 Å². The van der Waals surface area contributed by atoms with Crippen molar-refractivity contribution in [1.82, 2.24) is 9.80 Å². The lowest BCUT2D eigenvalue weighted by atomic mass is 9.93. The van der Waals surface area contributed by atoms with Gasteiger partial charge in [-0.25, -0.2) is 4.39 Å². The SMILES string of the molecule is Cc1cc(C(C)CC/C=C/N2CCN(CCOc3ccc(F)cc3)CC2)ccc1C#N. The molecular formula is C26H32FN3O. The highest BCUT2D eigenvalue weighted by molar-refractivity contribution is 5.40. The Labute approximate surface area is 185 Å². The molecule has 0 bridgehead atoms. The summed E-state index contributed by atoms with van der Waals surface area (Å²) in [5, 5.41) is 9.08. The summed E-state index contributed by atoms with van der Waals surface area (Å²) in [4.78, 5) is 4.79. The molecule has 3 rings (SSSR count). The van der Waals surface area contributed by atoms with Crippen molar-refractivity contribution in [3.8, 4) is 11.8 Å². The second kappa shape index (κ2) is 11.5. The minimum Gasteiger partial charge on any atom is -0.492 e. The molecule has 0 radical (unpaired) electrons. The summed E-state index contributed by atoms with van der Waals surface area (Å²) >= 11 is 0. The smallest absolute Gasteiger partial charge is 0.123 e. The maximum atomic E-state index is 12.9. The zero-order valence-corrected chi connectivity index (χ0v) is 18.6. The van der Waals surface area contributed by atoms with Gasteiger partial charge in [0.05, 0.1) is 11.6 Å². The summed E-state index contributed by atoms with van der Waals surface area (Å²) in [5.74, 6) is 0.956. The fraction of sp³-hybridized carbons (Fsp3) is 0.423. The maximum Gasteiger partial charge on any atom is 0.123 e. The molecule has 1 fully saturated rings. The van der Waals surface area contributed by atoms with Crippen LogP contribution in [0.2, 0.25) is 0 Å². The Morgan fingerprint density at radius 1 is 1.13 bits per heavy atom. The van der Waals surface area contributed by atoms with E-state index in [2.05, 4.69) is 47.2 Å². The molecule has 0 amide bonds. The quantitative estimate of drug-likeness (QED) is 0.565. The lowest BCUT2D eigenvalue weighted by Gasteiger charge is -2.34. The zero-order chi connectivity index (χ0) is 22.1. The highest BCUT2D eigenvalue weighted by Gasteiger charge is 2.14. The fourth-order valence-electron chi connectivity index (χ4n) is 3.81. The van der Waals surface area contributed by atoms with Gasteiger partial charge in [-0.15, -0.1) is 0 Å². The molecule has 0 aliphatic carbocycles. The number of nitriles is 1. The van der Waals surface area contributed by atoms with Crippen LogP contribution in [-0.2, 0) is 0 Å². The van der Waals surface area contributed by atoms with Gasteiger partial charge in [0, 0.05) is 32.7 Å². The van der Waals surface area contributed by atoms with Gasteiger partial charge in [0.15, 0.2) is 0 Å². The van der Waals surface area contributed by atoms with E-state index in [1.807, 2.05) is 13.0 Å². The number of rotatable bonds is 9. The van der Waals surface area contributed by atoms with Crippen molar-refractivity contribution >= 4 is 0 Å². The van der Waals surface area contributed by atoms with Crippen LogP contribution in [-0.4, -0.2) is 49.1 Å². The van der Waals surface area contributed by atoms with Crippen LogP contribution in [0.25, 0.3) is 0 Å². The second-order valence-electron chi connectivity index (χ2n) is 8.23. The Morgan fingerprint density at radius 3 is 2.55 bits per heavy atom. The molecule has 2 aromatic carbocycles. The Hall–Kier alpha value is -2.84. The molecule has 4 nitrogen and oxygen atoms in total. The summed E-state index contributed by atoms with van der Waals surface area (Å²) in [6.07, 6.45) is 6.66. The molecule has 31 heavy (non-hydrogen) atoms. The molecule has 1 heterocycles. The van der Waals surface area contributed by atoms with Gasteiger partial charge in [-0.05, 0) is 73.3 Å². The van der Waals surface area contributed by atoms with Gasteiger partial charge in [0.1, 0.15) is 18.2 Å². The van der Waals surface area contributed by atoms with Crippen LogP contribution in [0.4, 0.5) is 4.39 Å². The van der Waals surface area contributed by atoms with Crippen LogP contribution in [0.3, 0.4) is 0 Å². The van der Waals surface area contributed by atoms with E-state index >= 15 is 0 Å². The summed E-state index contributed by atoms with van der Waals surface area (Å²) in [7, 11) is 0. The molecular weight excluding hydrogens is 389 g/mol. The van der Waals surface area contributed by atoms with Crippen molar-refractivity contribution in [2.24, 2.45) is 0 Å². The number of nitrogens with zero attached hydrogens (tertiary/aromatic N) is 3. The summed E-state index contributed by atoms with van der Waals surface area (Å²) in [6, 6.07) is 14.6. The molecule has 1 atom stereocenters. The molecule has 0 N–H and O–H groups in total. The van der Waals surface area contributed by atoms with E-state index in [0.717, 1.165) is 56.7 Å². The van der Waals surface area contributed by atoms with Gasteiger partial charge in [0.2, 0.25) is 0 Å². The van der Waals surface area contributed by atoms with Crippen molar-refractivity contribution in [2.45, 2.75) is 32.6 Å². The van der Waals surface area contributed by atoms with Gasteiger partial charge in [-0.1, -0.05) is 25.1 Å². The number of aryl methyl sites for hydroxylation is 1. The number of ether oxygens (including phenoxy) is 1. The lowest BCUT2D eigenvalue weighted by Crippen LogP contribution is -2.45. The third kappa shape index (κ3) is 7.11. The van der Waals surface area contributed by atoms with Crippen LogP contribution in [0, 0.1) is 24.1 Å². The fourth-order valence-corrected chi connectivity index (χ4v) is 3.81. The molecule has 0 saturated carbocycles. The third-order valence-electron chi connectivity index (χ3n) is 5.92. The number of hydrogen-bond acceptors (Lipinski definition) is 4. The first-order valence-corrected chi connectivity index (χ1v) is 11.1. The van der Waals surface area contributed by atoms with E-state index in [-0.39, 0.29) is 5.82 Å². The maximum absolute atomic E-state index is 12.9. The normalized spacial score (nSPS) is 15.7. The van der Waals surface area contributed by atoms with Crippen LogP contribution >= 0.6 is 0 Å². The van der Waals surface area contributed by atoms with E-state index < -0.39 is 0 Å². The number of benzene rings is 2. The van der Waals surface area contributed by atoms with Crippen LogP contribution in [0.15, 0.2) is 54.7 Å². The average molecular weight is 422 g/mol. The van der Waals surface area contributed by atoms with Gasteiger partial charge in [-0.3, -0.25) is 4.90 Å². The summed E-state index contributed by atoms with van der Waals surface area (Å²) in [6.45, 7) is 9.86. The zero-order valence-electron chi connectivity index (χ0n) is 18.6. The van der Waals surface area contributed by atoms with E-state index in [1.165, 1.54) is 17.7 Å². The highest BCUT2D eigenvalue weighted by atomic mass is 19.1. The van der Waals surface area contributed by atoms with Crippen molar-refractivity contribution in [3.63, 3.8) is 0 Å². The molecule has 1 aliphatic rings. The van der Waals surface area contributed by atoms with Gasteiger partial charge >= 0.3 is 0 Å². The standard InChI is InChI=1S/C26H32FN3O/c1-21(23-6-7-24(20-28)22(2)19-23)5-3-4-12-29-13-15-30(16-14-29)17-18-31-26-10-8-25(27)9-11-26/h4,6-12,19,21H,3,5,13-18H2,1-2H3/b12-4+. The Kier molecular flexibility index (Phi) is 8.49. The molecule has 1 saturated heterocycles. The largest absolute Gasteiger partial charge is 0.492 e. The Morgan fingerprint density at radius 2 is 1.87 bits per heavy atom. The molecule has 1 aliphatic heterocycles. The highest BCUT2D eigenvalue weighted by Crippen LogP contribution is 2.23. The second-order valence-corrected chi connectivity index (χ2v) is 8.23. The van der Waals surface area contributed by atoms with Crippen LogP contribution < -0.4 is 4.74 Å². The molecule has 2 aromatic rings. The summed E-state index contributed by atoms with van der Waals surface area (Å²) in [5.41, 5.74) is 3.13. The molecule has 1 unspecified atom stereocenters. The monoisotopic (exact) mass is 421 g/mol. The summed E-state index contributed by atoms with van der Waals surface area (Å²) < 4.78 is 18.6. The minimum atomic E-state index is -0.240. The lowest BCUT2D eigenvalue weighted by molar-refractivity contribution is 0.144. The third-order valence-corrected chi connectivity index (χ3v) is 5.92. The van der Waals surface area contributed by atoms with Crippen molar-refractivity contribution in [1.29, 1.82) is 5.26 Å². The minimum absolute atomic E-state index is 0.240. The molecule has 5 heteroatoms. The number of allylic oxidation sites excluding steroid dienone is 1. The van der Waals surface area contributed by atoms with Gasteiger partial charge in [-0.2, -0.15) is 5.26 Å². The topological polar surface area (TPSA) is 39.5 Å². The first-order valence-electron chi connectivity index (χ1n) is 11.1. The molecule has 0 aromatic heterocycles. The van der Waals surface area contributed by atoms with Crippen molar-refractivity contribution < 1.29 is 9.13 Å². The van der Waals surface area contributed by atoms with Crippen LogP contribution in [0.5, 0.6) is 5.75 Å². The van der Waals surface area contributed by atoms with Crippen LogP contribution in [0.1, 0.15) is 42.4 Å². The van der Waals surface area contributed by atoms with Gasteiger partial charge in [0.25, 0.3) is 0 Å². The number of halogens is 1. The molecule has 0 spiro atoms. The first kappa shape index (κ1) is 22.8. The first-order chi connectivity index (χ1) is 15.0. The Balaban J connectivity index is 1.31. The van der Waals surface area contributed by atoms with Crippen molar-refractivity contribution in [3.05, 3.63) is 77.2 Å². The van der Waals surface area contributed by atoms with Gasteiger partial charge < -0.3 is 9.64 Å². The number of piperazine rings is 1. The predicted octanol–water partition coefficient (Wildman–Crippen LogP) is 5.10.